The number of hydrogen-bond acceptors (Lipinski definition) is 6. The predicted molar refractivity (Wildman–Crippen MR) is 98.8 cm³/mol. The molecule has 1 aliphatic heterocycles. The number of amides is 1. The van der Waals surface area contributed by atoms with Gasteiger partial charge in [0.15, 0.2) is 17.0 Å². The van der Waals surface area contributed by atoms with Crippen molar-refractivity contribution in [2.24, 2.45) is 30.7 Å². The van der Waals surface area contributed by atoms with E-state index in [1.54, 1.807) is 11.0 Å². The maximum absolute atomic E-state index is 13.0. The summed E-state index contributed by atoms with van der Waals surface area (Å²) in [5.41, 5.74) is 1.53. The molecule has 3 heterocycles. The molecule has 5 fully saturated rings. The van der Waals surface area contributed by atoms with Gasteiger partial charge in [-0.3, -0.25) is 4.79 Å². The zero-order chi connectivity index (χ0) is 18.2. The molecule has 8 nitrogen and oxygen atoms in total. The number of nitrogens with one attached hydrogen (secondary N) is 1. The van der Waals surface area contributed by atoms with E-state index in [1.807, 2.05) is 7.05 Å². The Hall–Kier alpha value is -2.25. The van der Waals surface area contributed by atoms with Gasteiger partial charge in [0.25, 0.3) is 0 Å². The van der Waals surface area contributed by atoms with Gasteiger partial charge in [-0.25, -0.2) is 14.6 Å². The molecular weight excluding hydrogens is 342 g/mol. The molecule has 4 aliphatic carbocycles. The smallest absolute Gasteiger partial charge is 0.227 e. The fourth-order valence-corrected chi connectivity index (χ4v) is 6.52. The number of carbonyl (C=O) groups is 1. The molecule has 142 valence electrons. The minimum atomic E-state index is 0.0414. The van der Waals surface area contributed by atoms with E-state index in [1.165, 1.54) is 38.5 Å². The van der Waals surface area contributed by atoms with Gasteiger partial charge in [0.1, 0.15) is 6.33 Å². The van der Waals surface area contributed by atoms with Crippen LogP contribution < -0.4 is 10.2 Å². The molecule has 0 aromatic carbocycles. The van der Waals surface area contributed by atoms with Crippen molar-refractivity contribution < 1.29 is 4.79 Å². The van der Waals surface area contributed by atoms with Crippen molar-refractivity contribution in [3.63, 3.8) is 0 Å². The fraction of sp³-hybridized carbons (Fsp3) is 0.737. The van der Waals surface area contributed by atoms with E-state index in [4.69, 9.17) is 0 Å². The van der Waals surface area contributed by atoms with Crippen LogP contribution in [0.3, 0.4) is 0 Å². The van der Waals surface area contributed by atoms with Crippen LogP contribution in [0.2, 0.25) is 0 Å². The average Bonchev–Trinajstić information content (AvgIpc) is 2.94. The second-order valence-electron chi connectivity index (χ2n) is 9.37. The van der Waals surface area contributed by atoms with Crippen LogP contribution in [-0.4, -0.2) is 49.5 Å². The number of nitrogens with zero attached hydrogens (tertiary/aromatic N) is 6. The van der Waals surface area contributed by atoms with Crippen molar-refractivity contribution in [3.8, 4) is 0 Å². The van der Waals surface area contributed by atoms with Crippen molar-refractivity contribution >= 4 is 22.9 Å². The Morgan fingerprint density at radius 3 is 2.44 bits per heavy atom. The van der Waals surface area contributed by atoms with E-state index >= 15 is 0 Å². The molecular formula is C19H25N7O. The molecule has 5 aliphatic rings. The summed E-state index contributed by atoms with van der Waals surface area (Å²) in [5.74, 6) is 3.60. The largest absolute Gasteiger partial charge is 0.353 e. The SMILES string of the molecule is Cn1nnc2c(N3CC(C(=O)NC45CC6CC(CC(C6)C4)C5)C3)ncnc21. The van der Waals surface area contributed by atoms with Crippen molar-refractivity contribution in [2.75, 3.05) is 18.0 Å². The molecule has 0 atom stereocenters. The molecule has 0 spiro atoms. The van der Waals surface area contributed by atoms with Crippen LogP contribution in [0.1, 0.15) is 38.5 Å². The molecule has 7 rings (SSSR count). The van der Waals surface area contributed by atoms with Crippen molar-refractivity contribution in [3.05, 3.63) is 6.33 Å². The van der Waals surface area contributed by atoms with Gasteiger partial charge in [-0.15, -0.1) is 5.10 Å². The second-order valence-corrected chi connectivity index (χ2v) is 9.37. The summed E-state index contributed by atoms with van der Waals surface area (Å²) < 4.78 is 1.65. The summed E-state index contributed by atoms with van der Waals surface area (Å²) in [7, 11) is 1.82. The normalized spacial score (nSPS) is 34.9. The molecule has 4 saturated carbocycles. The highest BCUT2D eigenvalue weighted by molar-refractivity contribution is 5.86. The molecule has 1 saturated heterocycles. The highest BCUT2D eigenvalue weighted by Gasteiger charge is 2.52. The van der Waals surface area contributed by atoms with Gasteiger partial charge in [0.05, 0.1) is 5.92 Å². The number of fused-ring (bicyclic) bond motifs is 1. The Labute approximate surface area is 157 Å². The first-order valence-electron chi connectivity index (χ1n) is 10.2. The number of anilines is 1. The summed E-state index contributed by atoms with van der Waals surface area (Å²) in [6.07, 6.45) is 9.34. The number of carbonyl (C=O) groups excluding carboxylic acids is 1. The number of hydrogen-bond donors (Lipinski definition) is 1. The number of aryl methyl sites for hydroxylation is 1. The third kappa shape index (κ3) is 2.38. The van der Waals surface area contributed by atoms with Gasteiger partial charge >= 0.3 is 0 Å². The van der Waals surface area contributed by atoms with Crippen LogP contribution in [-0.2, 0) is 11.8 Å². The van der Waals surface area contributed by atoms with E-state index in [-0.39, 0.29) is 17.4 Å². The average molecular weight is 367 g/mol. The van der Waals surface area contributed by atoms with Gasteiger partial charge in [0, 0.05) is 25.7 Å². The minimum absolute atomic E-state index is 0.0414. The van der Waals surface area contributed by atoms with Gasteiger partial charge in [0.2, 0.25) is 5.91 Å². The fourth-order valence-electron chi connectivity index (χ4n) is 6.52. The maximum atomic E-state index is 13.0. The Morgan fingerprint density at radius 1 is 1.11 bits per heavy atom. The van der Waals surface area contributed by atoms with Gasteiger partial charge in [-0.05, 0) is 56.3 Å². The van der Waals surface area contributed by atoms with E-state index in [0.29, 0.717) is 18.6 Å². The lowest BCUT2D eigenvalue weighted by Gasteiger charge is -2.57. The van der Waals surface area contributed by atoms with E-state index in [2.05, 4.69) is 30.5 Å². The number of rotatable bonds is 3. The number of aromatic nitrogens is 5. The molecule has 0 radical (unpaired) electrons. The van der Waals surface area contributed by atoms with Crippen LogP contribution in [0, 0.1) is 23.7 Å². The van der Waals surface area contributed by atoms with Crippen molar-refractivity contribution in [1.29, 1.82) is 0 Å². The molecule has 2 aromatic heterocycles. The predicted octanol–water partition coefficient (Wildman–Crippen LogP) is 1.28. The lowest BCUT2D eigenvalue weighted by molar-refractivity contribution is -0.131. The minimum Gasteiger partial charge on any atom is -0.353 e. The maximum Gasteiger partial charge on any atom is 0.227 e. The summed E-state index contributed by atoms with van der Waals surface area (Å²) in [6, 6.07) is 0. The molecule has 1 N–H and O–H groups in total. The molecule has 27 heavy (non-hydrogen) atoms. The van der Waals surface area contributed by atoms with Gasteiger partial charge in [-0.2, -0.15) is 0 Å². The quantitative estimate of drug-likeness (QED) is 0.879. The lowest BCUT2D eigenvalue weighted by atomic mass is 9.53. The Balaban J connectivity index is 1.15. The third-order valence-electron chi connectivity index (χ3n) is 7.35. The summed E-state index contributed by atoms with van der Waals surface area (Å²) >= 11 is 0. The van der Waals surface area contributed by atoms with Gasteiger partial charge in [-0.1, -0.05) is 5.21 Å². The molecule has 0 unspecified atom stereocenters. The van der Waals surface area contributed by atoms with E-state index in [9.17, 15) is 4.79 Å². The lowest BCUT2D eigenvalue weighted by Crippen LogP contribution is -2.63. The molecule has 2 aromatic rings. The van der Waals surface area contributed by atoms with Crippen LogP contribution in [0.5, 0.6) is 0 Å². The van der Waals surface area contributed by atoms with Crippen molar-refractivity contribution in [2.45, 2.75) is 44.1 Å². The van der Waals surface area contributed by atoms with Crippen molar-refractivity contribution in [1.82, 2.24) is 30.3 Å². The van der Waals surface area contributed by atoms with Crippen LogP contribution in [0.4, 0.5) is 5.82 Å². The standard InChI is InChI=1S/C19H25N7O/c1-25-16-15(23-24-25)17(21-10-20-16)26-8-14(9-26)18(27)22-19-5-11-2-12(6-19)4-13(3-11)7-19/h10-14H,2-9H2,1H3,(H,22,27). The highest BCUT2D eigenvalue weighted by atomic mass is 16.2. The first-order valence-corrected chi connectivity index (χ1v) is 10.2. The van der Waals surface area contributed by atoms with E-state index < -0.39 is 0 Å². The highest BCUT2D eigenvalue weighted by Crippen LogP contribution is 2.55. The summed E-state index contributed by atoms with van der Waals surface area (Å²) in [6.45, 7) is 1.39. The zero-order valence-electron chi connectivity index (χ0n) is 15.6. The van der Waals surface area contributed by atoms with Gasteiger partial charge < -0.3 is 10.2 Å². The summed E-state index contributed by atoms with van der Waals surface area (Å²) in [5, 5.41) is 11.7. The Kier molecular flexibility index (Phi) is 3.15. The molecule has 4 bridgehead atoms. The molecule has 8 heteroatoms. The van der Waals surface area contributed by atoms with Crippen LogP contribution in [0.15, 0.2) is 6.33 Å². The van der Waals surface area contributed by atoms with Crippen LogP contribution >= 0.6 is 0 Å². The summed E-state index contributed by atoms with van der Waals surface area (Å²) in [4.78, 5) is 23.7. The third-order valence-corrected chi connectivity index (χ3v) is 7.35. The van der Waals surface area contributed by atoms with Crippen LogP contribution in [0.25, 0.3) is 11.2 Å². The monoisotopic (exact) mass is 367 g/mol. The topological polar surface area (TPSA) is 88.8 Å². The van der Waals surface area contributed by atoms with E-state index in [0.717, 1.165) is 29.2 Å². The first kappa shape index (κ1) is 15.8. The second kappa shape index (κ2) is 5.39. The molecule has 1 amide bonds. The Morgan fingerprint density at radius 2 is 1.78 bits per heavy atom. The first-order chi connectivity index (χ1) is 13.1. The Bertz CT molecular complexity index is 881. The zero-order valence-corrected chi connectivity index (χ0v) is 15.6.